The number of nitrogens with one attached hydrogen (secondary N) is 1. The third-order valence-electron chi connectivity index (χ3n) is 2.34. The summed E-state index contributed by atoms with van der Waals surface area (Å²) in [5.74, 6) is -0.872. The minimum atomic E-state index is -1.40. The lowest BCUT2D eigenvalue weighted by atomic mass is 9.93. The van der Waals surface area contributed by atoms with Gasteiger partial charge in [0.2, 0.25) is 5.91 Å². The van der Waals surface area contributed by atoms with Crippen LogP contribution in [0.1, 0.15) is 19.6 Å². The third kappa shape index (κ3) is 2.85. The fourth-order valence-corrected chi connectivity index (χ4v) is 1.07. The third-order valence-corrected chi connectivity index (χ3v) is 2.34. The predicted molar refractivity (Wildman–Crippen MR) is 56.8 cm³/mol. The van der Waals surface area contributed by atoms with Crippen LogP contribution in [0.2, 0.25) is 0 Å². The first-order valence-electron chi connectivity index (χ1n) is 4.98. The van der Waals surface area contributed by atoms with Gasteiger partial charge in [-0.2, -0.15) is 0 Å². The molecule has 88 valence electrons. The zero-order chi connectivity index (χ0) is 12.2. The summed E-state index contributed by atoms with van der Waals surface area (Å²) >= 11 is 0. The predicted octanol–water partition coefficient (Wildman–Crippen LogP) is 1.05. The highest BCUT2D eigenvalue weighted by Crippen LogP contribution is 2.14. The average Bonchev–Trinajstić information content (AvgIpc) is 2.70. The van der Waals surface area contributed by atoms with Crippen LogP contribution in [-0.2, 0) is 16.0 Å². The van der Waals surface area contributed by atoms with E-state index in [0.29, 0.717) is 13.0 Å². The topological polar surface area (TPSA) is 79.5 Å². The number of carbonyl (C=O) groups excluding carboxylic acids is 1. The number of hydrogen-bond acceptors (Lipinski definition) is 3. The second kappa shape index (κ2) is 4.83. The molecule has 16 heavy (non-hydrogen) atoms. The van der Waals surface area contributed by atoms with E-state index in [4.69, 9.17) is 9.52 Å². The smallest absolute Gasteiger partial charge is 0.318 e. The second-order valence-electron chi connectivity index (χ2n) is 4.02. The summed E-state index contributed by atoms with van der Waals surface area (Å²) in [6.45, 7) is 3.11. The van der Waals surface area contributed by atoms with Crippen molar-refractivity contribution in [1.82, 2.24) is 5.32 Å². The number of furan rings is 1. The van der Waals surface area contributed by atoms with Crippen molar-refractivity contribution in [2.75, 3.05) is 6.54 Å². The van der Waals surface area contributed by atoms with Crippen molar-refractivity contribution in [3.05, 3.63) is 24.2 Å². The highest BCUT2D eigenvalue weighted by atomic mass is 16.4. The number of amides is 1. The molecule has 0 aliphatic carbocycles. The lowest BCUT2D eigenvalue weighted by Crippen LogP contribution is -2.42. The molecule has 1 heterocycles. The Morgan fingerprint density at radius 2 is 2.19 bits per heavy atom. The van der Waals surface area contributed by atoms with Crippen LogP contribution in [0.5, 0.6) is 0 Å². The van der Waals surface area contributed by atoms with Gasteiger partial charge in [0.05, 0.1) is 6.26 Å². The molecule has 5 nitrogen and oxygen atoms in total. The van der Waals surface area contributed by atoms with Crippen molar-refractivity contribution in [2.24, 2.45) is 5.41 Å². The minimum absolute atomic E-state index is 0.364. The number of aliphatic carboxylic acids is 1. The van der Waals surface area contributed by atoms with Gasteiger partial charge < -0.3 is 14.8 Å². The van der Waals surface area contributed by atoms with Gasteiger partial charge >= 0.3 is 5.97 Å². The Bertz CT molecular complexity index is 367. The van der Waals surface area contributed by atoms with Crippen LogP contribution in [-0.4, -0.2) is 23.5 Å². The molecule has 1 aromatic heterocycles. The van der Waals surface area contributed by atoms with Crippen molar-refractivity contribution in [3.8, 4) is 0 Å². The second-order valence-corrected chi connectivity index (χ2v) is 4.02. The fourth-order valence-electron chi connectivity index (χ4n) is 1.07. The zero-order valence-electron chi connectivity index (χ0n) is 9.32. The molecular formula is C11H15NO4. The van der Waals surface area contributed by atoms with Gasteiger partial charge in [0.15, 0.2) is 0 Å². The zero-order valence-corrected chi connectivity index (χ0v) is 9.32. The van der Waals surface area contributed by atoms with E-state index in [-0.39, 0.29) is 0 Å². The van der Waals surface area contributed by atoms with E-state index in [1.54, 1.807) is 18.4 Å². The van der Waals surface area contributed by atoms with Gasteiger partial charge in [0, 0.05) is 13.0 Å². The molecule has 1 rings (SSSR count). The molecule has 0 saturated carbocycles. The van der Waals surface area contributed by atoms with Crippen molar-refractivity contribution in [3.63, 3.8) is 0 Å². The normalized spacial score (nSPS) is 11.1. The average molecular weight is 225 g/mol. The summed E-state index contributed by atoms with van der Waals surface area (Å²) in [5, 5.41) is 11.4. The monoisotopic (exact) mass is 225 g/mol. The molecule has 0 aromatic carbocycles. The van der Waals surface area contributed by atoms with Crippen LogP contribution in [0, 0.1) is 5.41 Å². The summed E-state index contributed by atoms with van der Waals surface area (Å²) in [5.41, 5.74) is -1.40. The lowest BCUT2D eigenvalue weighted by molar-refractivity contribution is -0.153. The largest absolute Gasteiger partial charge is 0.480 e. The maximum atomic E-state index is 11.5. The molecule has 0 spiro atoms. The molecule has 0 aliphatic heterocycles. The molecule has 2 N–H and O–H groups in total. The SMILES string of the molecule is CC(C)(C(=O)O)C(=O)NCCc1ccco1. The van der Waals surface area contributed by atoms with Crippen molar-refractivity contribution >= 4 is 11.9 Å². The van der Waals surface area contributed by atoms with Gasteiger partial charge in [-0.25, -0.2) is 0 Å². The van der Waals surface area contributed by atoms with Gasteiger partial charge in [-0.3, -0.25) is 9.59 Å². The van der Waals surface area contributed by atoms with E-state index in [2.05, 4.69) is 5.32 Å². The van der Waals surface area contributed by atoms with E-state index in [1.165, 1.54) is 13.8 Å². The summed E-state index contributed by atoms with van der Waals surface area (Å²) in [6, 6.07) is 3.56. The number of carboxylic acids is 1. The van der Waals surface area contributed by atoms with Gasteiger partial charge in [-0.1, -0.05) is 0 Å². The van der Waals surface area contributed by atoms with Crippen molar-refractivity contribution < 1.29 is 19.1 Å². The number of carboxylic acid groups (broad SMARTS) is 1. The molecule has 0 saturated heterocycles. The van der Waals surface area contributed by atoms with Crippen LogP contribution in [0.4, 0.5) is 0 Å². The highest BCUT2D eigenvalue weighted by molar-refractivity contribution is 6.00. The number of rotatable bonds is 5. The molecule has 1 amide bonds. The molecule has 0 radical (unpaired) electrons. The maximum absolute atomic E-state index is 11.5. The Balaban J connectivity index is 2.39. The lowest BCUT2D eigenvalue weighted by Gasteiger charge is -2.17. The van der Waals surface area contributed by atoms with E-state index in [9.17, 15) is 9.59 Å². The Morgan fingerprint density at radius 1 is 1.50 bits per heavy atom. The standard InChI is InChI=1S/C11H15NO4/c1-11(2,10(14)15)9(13)12-6-5-8-4-3-7-16-8/h3-4,7H,5-6H2,1-2H3,(H,12,13)(H,14,15). The minimum Gasteiger partial charge on any atom is -0.480 e. The van der Waals surface area contributed by atoms with E-state index >= 15 is 0 Å². The summed E-state index contributed by atoms with van der Waals surface area (Å²) in [6.07, 6.45) is 2.10. The van der Waals surface area contributed by atoms with Crippen LogP contribution in [0.3, 0.4) is 0 Å². The molecule has 0 fully saturated rings. The van der Waals surface area contributed by atoms with E-state index < -0.39 is 17.3 Å². The summed E-state index contributed by atoms with van der Waals surface area (Å²) in [4.78, 5) is 22.3. The fraction of sp³-hybridized carbons (Fsp3) is 0.455. The maximum Gasteiger partial charge on any atom is 0.318 e. The molecule has 5 heteroatoms. The van der Waals surface area contributed by atoms with Gasteiger partial charge in [0.25, 0.3) is 0 Å². The van der Waals surface area contributed by atoms with Crippen molar-refractivity contribution in [1.29, 1.82) is 0 Å². The molecule has 0 atom stereocenters. The van der Waals surface area contributed by atoms with Crippen LogP contribution >= 0.6 is 0 Å². The number of carbonyl (C=O) groups is 2. The Morgan fingerprint density at radius 3 is 2.69 bits per heavy atom. The molecule has 0 unspecified atom stereocenters. The first kappa shape index (κ1) is 12.3. The highest BCUT2D eigenvalue weighted by Gasteiger charge is 2.35. The van der Waals surface area contributed by atoms with Crippen LogP contribution < -0.4 is 5.32 Å². The van der Waals surface area contributed by atoms with E-state index in [0.717, 1.165) is 5.76 Å². The van der Waals surface area contributed by atoms with Gasteiger partial charge in [-0.05, 0) is 26.0 Å². The van der Waals surface area contributed by atoms with Crippen molar-refractivity contribution in [2.45, 2.75) is 20.3 Å². The first-order chi connectivity index (χ1) is 7.44. The first-order valence-corrected chi connectivity index (χ1v) is 4.98. The Labute approximate surface area is 93.4 Å². The Kier molecular flexibility index (Phi) is 3.71. The van der Waals surface area contributed by atoms with Crippen LogP contribution in [0.25, 0.3) is 0 Å². The molecule has 1 aromatic rings. The number of hydrogen-bond donors (Lipinski definition) is 2. The van der Waals surface area contributed by atoms with E-state index in [1.807, 2.05) is 0 Å². The molecular weight excluding hydrogens is 210 g/mol. The van der Waals surface area contributed by atoms with Gasteiger partial charge in [0.1, 0.15) is 11.2 Å². The molecule has 0 aliphatic rings. The summed E-state index contributed by atoms with van der Waals surface area (Å²) < 4.78 is 5.08. The Hall–Kier alpha value is -1.78. The van der Waals surface area contributed by atoms with Crippen LogP contribution in [0.15, 0.2) is 22.8 Å². The molecule has 0 bridgehead atoms. The quantitative estimate of drug-likeness (QED) is 0.734. The summed E-state index contributed by atoms with van der Waals surface area (Å²) in [7, 11) is 0. The van der Waals surface area contributed by atoms with Gasteiger partial charge in [-0.15, -0.1) is 0 Å².